The predicted molar refractivity (Wildman–Crippen MR) is 75.7 cm³/mol. The summed E-state index contributed by atoms with van der Waals surface area (Å²) >= 11 is 0. The van der Waals surface area contributed by atoms with Crippen LogP contribution >= 0.6 is 0 Å². The molecule has 0 aromatic rings. The second kappa shape index (κ2) is 8.79. The number of carbonyl (C=O) groups is 2. The molecule has 2 amide bonds. The van der Waals surface area contributed by atoms with Crippen molar-refractivity contribution < 1.29 is 19.4 Å². The SMILES string of the molecule is CC(C)CCOC1CCN(C(=O)NCCC(=O)O)CC1. The summed E-state index contributed by atoms with van der Waals surface area (Å²) in [4.78, 5) is 23.9. The zero-order valence-corrected chi connectivity index (χ0v) is 12.4. The summed E-state index contributed by atoms with van der Waals surface area (Å²) in [6.07, 6.45) is 2.97. The van der Waals surface area contributed by atoms with Crippen LogP contribution in [0.3, 0.4) is 0 Å². The minimum atomic E-state index is -0.900. The van der Waals surface area contributed by atoms with Gasteiger partial charge in [0.25, 0.3) is 0 Å². The third-order valence-corrected chi connectivity index (χ3v) is 3.39. The number of piperidine rings is 1. The summed E-state index contributed by atoms with van der Waals surface area (Å²) < 4.78 is 5.80. The largest absolute Gasteiger partial charge is 0.481 e. The number of hydrogen-bond donors (Lipinski definition) is 2. The van der Waals surface area contributed by atoms with Gasteiger partial charge >= 0.3 is 12.0 Å². The fraction of sp³-hybridized carbons (Fsp3) is 0.857. The van der Waals surface area contributed by atoms with Gasteiger partial charge in [-0.3, -0.25) is 4.79 Å². The van der Waals surface area contributed by atoms with E-state index in [9.17, 15) is 9.59 Å². The van der Waals surface area contributed by atoms with Crippen molar-refractivity contribution in [1.82, 2.24) is 10.2 Å². The van der Waals surface area contributed by atoms with Crippen LogP contribution in [0.15, 0.2) is 0 Å². The summed E-state index contributed by atoms with van der Waals surface area (Å²) in [7, 11) is 0. The molecule has 20 heavy (non-hydrogen) atoms. The average molecular weight is 286 g/mol. The van der Waals surface area contributed by atoms with Crippen LogP contribution in [-0.4, -0.2) is 54.4 Å². The maximum absolute atomic E-state index is 11.8. The molecule has 1 rings (SSSR count). The van der Waals surface area contributed by atoms with Crippen molar-refractivity contribution in [1.29, 1.82) is 0 Å². The number of nitrogens with zero attached hydrogens (tertiary/aromatic N) is 1. The number of carboxylic acid groups (broad SMARTS) is 1. The normalized spacial score (nSPS) is 16.4. The van der Waals surface area contributed by atoms with Crippen LogP contribution in [0.5, 0.6) is 0 Å². The molecule has 1 heterocycles. The second-order valence-corrected chi connectivity index (χ2v) is 5.62. The molecule has 0 atom stereocenters. The molecule has 0 spiro atoms. The first kappa shape index (κ1) is 16.8. The van der Waals surface area contributed by atoms with Gasteiger partial charge in [-0.2, -0.15) is 0 Å². The Bertz CT molecular complexity index is 312. The topological polar surface area (TPSA) is 78.9 Å². The number of carbonyl (C=O) groups excluding carboxylic acids is 1. The van der Waals surface area contributed by atoms with Gasteiger partial charge in [-0.05, 0) is 25.2 Å². The van der Waals surface area contributed by atoms with E-state index in [1.54, 1.807) is 4.90 Å². The number of rotatable bonds is 7. The fourth-order valence-electron chi connectivity index (χ4n) is 2.08. The number of urea groups is 1. The van der Waals surface area contributed by atoms with Crippen LogP contribution in [0.1, 0.15) is 39.5 Å². The average Bonchev–Trinajstić information content (AvgIpc) is 2.38. The molecule has 0 saturated carbocycles. The molecule has 0 unspecified atom stereocenters. The Hall–Kier alpha value is -1.30. The molecule has 0 bridgehead atoms. The van der Waals surface area contributed by atoms with E-state index < -0.39 is 5.97 Å². The van der Waals surface area contributed by atoms with E-state index in [4.69, 9.17) is 9.84 Å². The van der Waals surface area contributed by atoms with Crippen LogP contribution in [0, 0.1) is 5.92 Å². The zero-order valence-electron chi connectivity index (χ0n) is 12.4. The molecule has 1 saturated heterocycles. The Kier molecular flexibility index (Phi) is 7.36. The Morgan fingerprint density at radius 3 is 2.55 bits per heavy atom. The highest BCUT2D eigenvalue weighted by Crippen LogP contribution is 2.14. The lowest BCUT2D eigenvalue weighted by molar-refractivity contribution is -0.136. The van der Waals surface area contributed by atoms with Gasteiger partial charge in [0, 0.05) is 26.2 Å². The van der Waals surface area contributed by atoms with E-state index in [1.165, 1.54) is 0 Å². The highest BCUT2D eigenvalue weighted by molar-refractivity contribution is 5.75. The van der Waals surface area contributed by atoms with Gasteiger partial charge in [0.1, 0.15) is 0 Å². The number of carboxylic acids is 1. The molecular weight excluding hydrogens is 260 g/mol. The van der Waals surface area contributed by atoms with E-state index in [0.29, 0.717) is 19.0 Å². The van der Waals surface area contributed by atoms with Gasteiger partial charge in [0.05, 0.1) is 12.5 Å². The van der Waals surface area contributed by atoms with Crippen LogP contribution in [0.25, 0.3) is 0 Å². The highest BCUT2D eigenvalue weighted by atomic mass is 16.5. The summed E-state index contributed by atoms with van der Waals surface area (Å²) in [6.45, 7) is 6.66. The number of amides is 2. The van der Waals surface area contributed by atoms with Crippen LogP contribution in [0.4, 0.5) is 4.79 Å². The number of nitrogens with one attached hydrogen (secondary N) is 1. The molecule has 0 radical (unpaired) electrons. The van der Waals surface area contributed by atoms with Crippen molar-refractivity contribution in [3.05, 3.63) is 0 Å². The first-order valence-electron chi connectivity index (χ1n) is 7.35. The van der Waals surface area contributed by atoms with Crippen molar-refractivity contribution >= 4 is 12.0 Å². The molecule has 2 N–H and O–H groups in total. The van der Waals surface area contributed by atoms with Crippen LogP contribution in [0.2, 0.25) is 0 Å². The van der Waals surface area contributed by atoms with Gasteiger partial charge in [-0.25, -0.2) is 4.79 Å². The zero-order chi connectivity index (χ0) is 15.0. The molecule has 1 aliphatic rings. The van der Waals surface area contributed by atoms with Crippen LogP contribution < -0.4 is 5.32 Å². The standard InChI is InChI=1S/C14H26N2O4/c1-11(2)6-10-20-12-4-8-16(9-5-12)14(19)15-7-3-13(17)18/h11-12H,3-10H2,1-2H3,(H,15,19)(H,17,18). The summed E-state index contributed by atoms with van der Waals surface area (Å²) in [6, 6.07) is -0.174. The number of aliphatic carboxylic acids is 1. The van der Waals surface area contributed by atoms with Crippen molar-refractivity contribution in [2.24, 2.45) is 5.92 Å². The molecule has 0 aliphatic carbocycles. The van der Waals surface area contributed by atoms with E-state index in [2.05, 4.69) is 19.2 Å². The summed E-state index contributed by atoms with van der Waals surface area (Å²) in [5.74, 6) is -0.252. The maximum atomic E-state index is 11.8. The third-order valence-electron chi connectivity index (χ3n) is 3.39. The van der Waals surface area contributed by atoms with Crippen LogP contribution in [-0.2, 0) is 9.53 Å². The summed E-state index contributed by atoms with van der Waals surface area (Å²) in [5, 5.41) is 11.1. The lowest BCUT2D eigenvalue weighted by atomic mass is 10.1. The molecule has 0 aromatic heterocycles. The molecule has 1 aliphatic heterocycles. The highest BCUT2D eigenvalue weighted by Gasteiger charge is 2.22. The Morgan fingerprint density at radius 2 is 2.00 bits per heavy atom. The Labute approximate surface area is 120 Å². The van der Waals surface area contributed by atoms with E-state index >= 15 is 0 Å². The first-order chi connectivity index (χ1) is 9.49. The second-order valence-electron chi connectivity index (χ2n) is 5.62. The van der Waals surface area contributed by atoms with E-state index in [-0.39, 0.29) is 25.1 Å². The number of hydrogen-bond acceptors (Lipinski definition) is 3. The predicted octanol–water partition coefficient (Wildman–Crippen LogP) is 1.70. The minimum Gasteiger partial charge on any atom is -0.481 e. The molecule has 116 valence electrons. The molecule has 6 nitrogen and oxygen atoms in total. The van der Waals surface area contributed by atoms with Gasteiger partial charge in [0.2, 0.25) is 0 Å². The molecule has 1 fully saturated rings. The Balaban J connectivity index is 2.14. The molecule has 6 heteroatoms. The van der Waals surface area contributed by atoms with Crippen molar-refractivity contribution in [3.8, 4) is 0 Å². The minimum absolute atomic E-state index is 0.0412. The first-order valence-corrected chi connectivity index (χ1v) is 7.35. The van der Waals surface area contributed by atoms with Crippen molar-refractivity contribution in [2.75, 3.05) is 26.2 Å². The van der Waals surface area contributed by atoms with E-state index in [0.717, 1.165) is 25.9 Å². The Morgan fingerprint density at radius 1 is 1.35 bits per heavy atom. The molecular formula is C14H26N2O4. The van der Waals surface area contributed by atoms with Gasteiger partial charge < -0.3 is 20.1 Å². The van der Waals surface area contributed by atoms with E-state index in [1.807, 2.05) is 0 Å². The maximum Gasteiger partial charge on any atom is 0.317 e. The third kappa shape index (κ3) is 6.75. The van der Waals surface area contributed by atoms with Gasteiger partial charge in [0.15, 0.2) is 0 Å². The smallest absolute Gasteiger partial charge is 0.317 e. The van der Waals surface area contributed by atoms with Gasteiger partial charge in [-0.15, -0.1) is 0 Å². The fourth-order valence-corrected chi connectivity index (χ4v) is 2.08. The quantitative estimate of drug-likeness (QED) is 0.746. The lowest BCUT2D eigenvalue weighted by Gasteiger charge is -2.32. The van der Waals surface area contributed by atoms with Crippen molar-refractivity contribution in [2.45, 2.75) is 45.6 Å². The monoisotopic (exact) mass is 286 g/mol. The number of ether oxygens (including phenoxy) is 1. The summed E-state index contributed by atoms with van der Waals surface area (Å²) in [5.41, 5.74) is 0. The van der Waals surface area contributed by atoms with Gasteiger partial charge in [-0.1, -0.05) is 13.8 Å². The number of likely N-dealkylation sites (tertiary alicyclic amines) is 1. The van der Waals surface area contributed by atoms with Crippen molar-refractivity contribution in [3.63, 3.8) is 0 Å². The molecule has 0 aromatic carbocycles. The lowest BCUT2D eigenvalue weighted by Crippen LogP contribution is -2.46.